The summed E-state index contributed by atoms with van der Waals surface area (Å²) in [7, 11) is 1.58. The maximum atomic E-state index is 11.6. The fourth-order valence-electron chi connectivity index (χ4n) is 1.68. The third kappa shape index (κ3) is 4.44. The summed E-state index contributed by atoms with van der Waals surface area (Å²) in [5.41, 5.74) is 5.45. The lowest BCUT2D eigenvalue weighted by atomic mass is 10.0. The molecule has 4 heteroatoms. The Balaban J connectivity index is 2.25. The molecule has 4 nitrogen and oxygen atoms in total. The number of carbonyl (C=O) groups excluding carboxylic acids is 1. The van der Waals surface area contributed by atoms with Crippen LogP contribution < -0.4 is 11.1 Å². The van der Waals surface area contributed by atoms with Crippen molar-refractivity contribution < 1.29 is 9.53 Å². The molecule has 0 aliphatic heterocycles. The van der Waals surface area contributed by atoms with Crippen LogP contribution in [-0.2, 0) is 9.53 Å². The van der Waals surface area contributed by atoms with Gasteiger partial charge in [-0.25, -0.2) is 0 Å². The van der Waals surface area contributed by atoms with E-state index in [1.165, 1.54) is 0 Å². The molecule has 0 aromatic rings. The highest BCUT2D eigenvalue weighted by atomic mass is 16.5. The second kappa shape index (κ2) is 6.58. The summed E-state index contributed by atoms with van der Waals surface area (Å²) >= 11 is 0. The second-order valence-corrected chi connectivity index (χ2v) is 3.85. The fraction of sp³-hybridized carbons (Fsp3) is 0.727. The number of carbonyl (C=O) groups is 1. The topological polar surface area (TPSA) is 64.3 Å². The Labute approximate surface area is 90.9 Å². The number of amides is 1. The molecule has 1 aliphatic carbocycles. The Kier molecular flexibility index (Phi) is 5.36. The van der Waals surface area contributed by atoms with Crippen molar-refractivity contribution in [1.82, 2.24) is 5.32 Å². The van der Waals surface area contributed by atoms with E-state index >= 15 is 0 Å². The first-order valence-electron chi connectivity index (χ1n) is 5.43. The zero-order chi connectivity index (χ0) is 11.1. The second-order valence-electron chi connectivity index (χ2n) is 3.85. The summed E-state index contributed by atoms with van der Waals surface area (Å²) in [5.74, 6) is 0.0348. The molecule has 3 N–H and O–H groups in total. The van der Waals surface area contributed by atoms with E-state index < -0.39 is 0 Å². The van der Waals surface area contributed by atoms with Crippen molar-refractivity contribution in [3.63, 3.8) is 0 Å². The number of methoxy groups -OCH3 is 1. The Morgan fingerprint density at radius 1 is 1.67 bits per heavy atom. The normalized spacial score (nSPS) is 22.4. The van der Waals surface area contributed by atoms with Crippen LogP contribution in [0.4, 0.5) is 0 Å². The lowest BCUT2D eigenvalue weighted by molar-refractivity contribution is -0.124. The smallest absolute Gasteiger partial charge is 0.222 e. The van der Waals surface area contributed by atoms with Gasteiger partial charge >= 0.3 is 0 Å². The summed E-state index contributed by atoms with van der Waals surface area (Å²) in [6.45, 7) is 0.383. The van der Waals surface area contributed by atoms with Crippen LogP contribution in [0.3, 0.4) is 0 Å². The van der Waals surface area contributed by atoms with E-state index in [0.717, 1.165) is 19.3 Å². The Bertz CT molecular complexity index is 225. The van der Waals surface area contributed by atoms with Gasteiger partial charge in [-0.3, -0.25) is 4.79 Å². The van der Waals surface area contributed by atoms with Gasteiger partial charge in [-0.1, -0.05) is 12.2 Å². The van der Waals surface area contributed by atoms with Crippen LogP contribution in [0.5, 0.6) is 0 Å². The largest absolute Gasteiger partial charge is 0.380 e. The van der Waals surface area contributed by atoms with Crippen LogP contribution in [0.1, 0.15) is 25.7 Å². The van der Waals surface area contributed by atoms with E-state index in [2.05, 4.69) is 17.5 Å². The Morgan fingerprint density at radius 2 is 2.47 bits per heavy atom. The molecule has 86 valence electrons. The van der Waals surface area contributed by atoms with Gasteiger partial charge in [0.2, 0.25) is 5.91 Å². The quantitative estimate of drug-likeness (QED) is 0.655. The highest BCUT2D eigenvalue weighted by molar-refractivity contribution is 5.76. The van der Waals surface area contributed by atoms with Crippen molar-refractivity contribution in [2.24, 2.45) is 5.73 Å². The third-order valence-corrected chi connectivity index (χ3v) is 2.64. The number of allylic oxidation sites excluding steroid dienone is 1. The summed E-state index contributed by atoms with van der Waals surface area (Å²) < 4.78 is 5.06. The minimum Gasteiger partial charge on any atom is -0.380 e. The standard InChI is InChI=1S/C11H20N2O2/c1-15-10(8-12)7-11(14)13-9-5-3-2-4-6-9/h2-3,9-10H,4-8,12H2,1H3,(H,13,14). The molecule has 0 heterocycles. The molecule has 0 aromatic carbocycles. The highest BCUT2D eigenvalue weighted by Crippen LogP contribution is 2.10. The summed E-state index contributed by atoms with van der Waals surface area (Å²) in [6.07, 6.45) is 7.48. The zero-order valence-corrected chi connectivity index (χ0v) is 9.24. The maximum absolute atomic E-state index is 11.6. The molecule has 0 saturated heterocycles. The molecule has 0 saturated carbocycles. The molecule has 15 heavy (non-hydrogen) atoms. The van der Waals surface area contributed by atoms with Crippen LogP contribution in [-0.4, -0.2) is 31.7 Å². The van der Waals surface area contributed by atoms with Gasteiger partial charge in [-0.05, 0) is 19.3 Å². The summed E-state index contributed by atoms with van der Waals surface area (Å²) in [4.78, 5) is 11.6. The van der Waals surface area contributed by atoms with Gasteiger partial charge < -0.3 is 15.8 Å². The average Bonchev–Trinajstić information content (AvgIpc) is 2.27. The van der Waals surface area contributed by atoms with E-state index in [4.69, 9.17) is 10.5 Å². The van der Waals surface area contributed by atoms with E-state index in [1.807, 2.05) is 0 Å². The molecule has 1 rings (SSSR count). The van der Waals surface area contributed by atoms with Crippen molar-refractivity contribution in [2.75, 3.05) is 13.7 Å². The Morgan fingerprint density at radius 3 is 3.00 bits per heavy atom. The molecular formula is C11H20N2O2. The molecule has 0 aromatic heterocycles. The van der Waals surface area contributed by atoms with Crippen molar-refractivity contribution >= 4 is 5.91 Å². The van der Waals surface area contributed by atoms with E-state index in [9.17, 15) is 4.79 Å². The lowest BCUT2D eigenvalue weighted by Crippen LogP contribution is -2.38. The molecular weight excluding hydrogens is 192 g/mol. The minimum atomic E-state index is -0.163. The first-order chi connectivity index (χ1) is 7.26. The number of ether oxygens (including phenoxy) is 1. The number of rotatable bonds is 5. The fourth-order valence-corrected chi connectivity index (χ4v) is 1.68. The first-order valence-corrected chi connectivity index (χ1v) is 5.43. The van der Waals surface area contributed by atoms with Crippen LogP contribution in [0.25, 0.3) is 0 Å². The van der Waals surface area contributed by atoms with Gasteiger partial charge in [0, 0.05) is 19.7 Å². The monoisotopic (exact) mass is 212 g/mol. The maximum Gasteiger partial charge on any atom is 0.222 e. The molecule has 2 unspecified atom stereocenters. The van der Waals surface area contributed by atoms with Gasteiger partial charge in [0.05, 0.1) is 12.5 Å². The van der Waals surface area contributed by atoms with Crippen molar-refractivity contribution in [1.29, 1.82) is 0 Å². The van der Waals surface area contributed by atoms with E-state index in [-0.39, 0.29) is 18.1 Å². The predicted molar refractivity (Wildman–Crippen MR) is 59.4 cm³/mol. The Hall–Kier alpha value is -0.870. The van der Waals surface area contributed by atoms with Crippen LogP contribution in [0.15, 0.2) is 12.2 Å². The van der Waals surface area contributed by atoms with Gasteiger partial charge in [0.1, 0.15) is 0 Å². The third-order valence-electron chi connectivity index (χ3n) is 2.64. The van der Waals surface area contributed by atoms with Crippen LogP contribution >= 0.6 is 0 Å². The first kappa shape index (κ1) is 12.2. The molecule has 0 radical (unpaired) electrons. The zero-order valence-electron chi connectivity index (χ0n) is 9.24. The molecule has 2 atom stereocenters. The van der Waals surface area contributed by atoms with Crippen molar-refractivity contribution in [3.05, 3.63) is 12.2 Å². The van der Waals surface area contributed by atoms with Crippen molar-refractivity contribution in [2.45, 2.75) is 37.8 Å². The minimum absolute atomic E-state index is 0.0348. The predicted octanol–water partition coefficient (Wildman–Crippen LogP) is 0.575. The molecule has 0 bridgehead atoms. The lowest BCUT2D eigenvalue weighted by Gasteiger charge is -2.20. The molecule has 0 fully saturated rings. The average molecular weight is 212 g/mol. The highest BCUT2D eigenvalue weighted by Gasteiger charge is 2.16. The number of nitrogens with one attached hydrogen (secondary N) is 1. The van der Waals surface area contributed by atoms with E-state index in [0.29, 0.717) is 13.0 Å². The molecule has 1 amide bonds. The van der Waals surface area contributed by atoms with Gasteiger partial charge in [0.25, 0.3) is 0 Å². The van der Waals surface area contributed by atoms with Crippen molar-refractivity contribution in [3.8, 4) is 0 Å². The van der Waals surface area contributed by atoms with E-state index in [1.54, 1.807) is 7.11 Å². The van der Waals surface area contributed by atoms with Crippen LogP contribution in [0.2, 0.25) is 0 Å². The molecule has 1 aliphatic rings. The van der Waals surface area contributed by atoms with Gasteiger partial charge in [0.15, 0.2) is 0 Å². The number of hydrogen-bond acceptors (Lipinski definition) is 3. The van der Waals surface area contributed by atoms with Gasteiger partial charge in [-0.2, -0.15) is 0 Å². The molecule has 0 spiro atoms. The summed E-state index contributed by atoms with van der Waals surface area (Å²) in [5, 5.41) is 2.99. The SMILES string of the molecule is COC(CN)CC(=O)NC1CC=CCC1. The number of nitrogens with two attached hydrogens (primary N) is 1. The summed E-state index contributed by atoms with van der Waals surface area (Å²) in [6, 6.07) is 0.290. The van der Waals surface area contributed by atoms with Crippen LogP contribution in [0, 0.1) is 0 Å². The number of hydrogen-bond donors (Lipinski definition) is 2. The van der Waals surface area contributed by atoms with Gasteiger partial charge in [-0.15, -0.1) is 0 Å².